The van der Waals surface area contributed by atoms with Crippen molar-refractivity contribution in [1.29, 1.82) is 0 Å². The van der Waals surface area contributed by atoms with Gasteiger partial charge < -0.3 is 18.6 Å². The van der Waals surface area contributed by atoms with Crippen molar-refractivity contribution in [2.75, 3.05) is 7.11 Å². The molecule has 3 heterocycles. The van der Waals surface area contributed by atoms with E-state index in [0.29, 0.717) is 25.4 Å². The Morgan fingerprint density at radius 1 is 1.10 bits per heavy atom. The van der Waals surface area contributed by atoms with Crippen LogP contribution in [0.5, 0.6) is 5.75 Å². The number of hydrogen-bond donors (Lipinski definition) is 0. The Bertz CT molecular complexity index is 1090. The monoisotopic (exact) mass is 402 g/mol. The third-order valence-corrected chi connectivity index (χ3v) is 4.74. The molecule has 0 unspecified atom stereocenters. The summed E-state index contributed by atoms with van der Waals surface area (Å²) in [6, 6.07) is 15.1. The van der Waals surface area contributed by atoms with Crippen LogP contribution in [0.25, 0.3) is 0 Å². The highest BCUT2D eigenvalue weighted by molar-refractivity contribution is 5.91. The minimum Gasteiger partial charge on any atom is -0.497 e. The van der Waals surface area contributed by atoms with Crippen molar-refractivity contribution >= 4 is 5.91 Å². The van der Waals surface area contributed by atoms with Crippen LogP contribution in [-0.4, -0.2) is 32.5 Å². The van der Waals surface area contributed by atoms with Gasteiger partial charge in [-0.2, -0.15) is 0 Å². The van der Waals surface area contributed by atoms with Gasteiger partial charge in [-0.05, 0) is 41.5 Å². The molecule has 0 saturated heterocycles. The summed E-state index contributed by atoms with van der Waals surface area (Å²) < 4.78 is 12.7. The molecule has 7 nitrogen and oxygen atoms in total. The van der Waals surface area contributed by atoms with Gasteiger partial charge in [0.25, 0.3) is 5.91 Å². The van der Waals surface area contributed by atoms with Gasteiger partial charge in [-0.3, -0.25) is 9.78 Å². The first-order valence-electron chi connectivity index (χ1n) is 9.57. The second-order valence-electron chi connectivity index (χ2n) is 6.82. The summed E-state index contributed by atoms with van der Waals surface area (Å²) in [6.07, 6.45) is 8.62. The number of aromatic nitrogens is 3. The molecule has 7 heteroatoms. The van der Waals surface area contributed by atoms with Crippen LogP contribution in [0.3, 0.4) is 0 Å². The molecule has 0 saturated carbocycles. The zero-order valence-corrected chi connectivity index (χ0v) is 16.6. The topological polar surface area (TPSA) is 73.4 Å². The number of carbonyl (C=O) groups excluding carboxylic acids is 1. The number of hydrogen-bond acceptors (Lipinski definition) is 5. The van der Waals surface area contributed by atoms with E-state index in [9.17, 15) is 4.79 Å². The van der Waals surface area contributed by atoms with Crippen molar-refractivity contribution in [1.82, 2.24) is 19.4 Å². The van der Waals surface area contributed by atoms with E-state index in [1.807, 2.05) is 47.2 Å². The molecule has 4 rings (SSSR count). The summed E-state index contributed by atoms with van der Waals surface area (Å²) in [5.74, 6) is 1.69. The smallest absolute Gasteiger partial charge is 0.290 e. The fraction of sp³-hybridized carbons (Fsp3) is 0.174. The Balaban J connectivity index is 1.57. The summed E-state index contributed by atoms with van der Waals surface area (Å²) >= 11 is 0. The molecule has 0 aliphatic heterocycles. The van der Waals surface area contributed by atoms with Crippen LogP contribution >= 0.6 is 0 Å². The lowest BCUT2D eigenvalue weighted by Gasteiger charge is -2.22. The van der Waals surface area contributed by atoms with E-state index in [2.05, 4.69) is 9.97 Å². The molecule has 1 aromatic carbocycles. The average molecular weight is 402 g/mol. The highest BCUT2D eigenvalue weighted by atomic mass is 16.5. The summed E-state index contributed by atoms with van der Waals surface area (Å²) in [5, 5.41) is 0. The average Bonchev–Trinajstić information content (AvgIpc) is 3.46. The van der Waals surface area contributed by atoms with E-state index in [0.717, 1.165) is 22.7 Å². The first kappa shape index (κ1) is 19.4. The molecule has 0 fully saturated rings. The van der Waals surface area contributed by atoms with Gasteiger partial charge in [-0.15, -0.1) is 0 Å². The normalized spacial score (nSPS) is 10.7. The van der Waals surface area contributed by atoms with Gasteiger partial charge in [0.2, 0.25) is 0 Å². The molecular weight excluding hydrogens is 380 g/mol. The van der Waals surface area contributed by atoms with Crippen LogP contribution in [0.1, 0.15) is 27.5 Å². The largest absolute Gasteiger partial charge is 0.497 e. The third kappa shape index (κ3) is 4.57. The molecular formula is C23H22N4O3. The number of furan rings is 1. The van der Waals surface area contributed by atoms with Gasteiger partial charge in [-0.25, -0.2) is 4.98 Å². The van der Waals surface area contributed by atoms with E-state index in [1.54, 1.807) is 42.7 Å². The molecule has 0 radical (unpaired) electrons. The van der Waals surface area contributed by atoms with Crippen LogP contribution in [0.2, 0.25) is 0 Å². The SMILES string of the molecule is COc1cccc(Cn2ccnc2CN(Cc2cccnc2)C(=O)c2ccco2)c1. The van der Waals surface area contributed by atoms with Crippen LogP contribution in [0.4, 0.5) is 0 Å². The number of amides is 1. The molecule has 0 spiro atoms. The Morgan fingerprint density at radius 2 is 2.00 bits per heavy atom. The van der Waals surface area contributed by atoms with Crippen molar-refractivity contribution in [3.63, 3.8) is 0 Å². The number of carbonyl (C=O) groups is 1. The maximum Gasteiger partial charge on any atom is 0.290 e. The minimum atomic E-state index is -0.195. The minimum absolute atomic E-state index is 0.195. The van der Waals surface area contributed by atoms with Gasteiger partial charge in [0.15, 0.2) is 5.76 Å². The Labute approximate surface area is 174 Å². The molecule has 3 aromatic heterocycles. The molecule has 0 bridgehead atoms. The van der Waals surface area contributed by atoms with Gasteiger partial charge in [0.05, 0.1) is 19.9 Å². The highest BCUT2D eigenvalue weighted by Gasteiger charge is 2.21. The van der Waals surface area contributed by atoms with Gasteiger partial charge in [-0.1, -0.05) is 18.2 Å². The fourth-order valence-corrected chi connectivity index (χ4v) is 3.24. The molecule has 1 amide bonds. The van der Waals surface area contributed by atoms with E-state index in [-0.39, 0.29) is 5.91 Å². The Kier molecular flexibility index (Phi) is 5.89. The van der Waals surface area contributed by atoms with Crippen molar-refractivity contribution in [3.05, 3.63) is 102 Å². The Morgan fingerprint density at radius 3 is 2.77 bits per heavy atom. The van der Waals surface area contributed by atoms with E-state index < -0.39 is 0 Å². The quantitative estimate of drug-likeness (QED) is 0.449. The third-order valence-electron chi connectivity index (χ3n) is 4.74. The van der Waals surface area contributed by atoms with Crippen LogP contribution in [-0.2, 0) is 19.6 Å². The standard InChI is InChI=1S/C23H22N4O3/c1-29-20-7-2-5-18(13-20)15-26-11-10-25-22(26)17-27(16-19-6-3-9-24-14-19)23(28)21-8-4-12-30-21/h2-14H,15-17H2,1H3. The number of imidazole rings is 1. The zero-order valence-electron chi connectivity index (χ0n) is 16.6. The van der Waals surface area contributed by atoms with Crippen molar-refractivity contribution in [3.8, 4) is 5.75 Å². The first-order valence-corrected chi connectivity index (χ1v) is 9.57. The molecule has 0 aliphatic carbocycles. The van der Waals surface area contributed by atoms with Crippen LogP contribution in [0, 0.1) is 0 Å². The lowest BCUT2D eigenvalue weighted by molar-refractivity contribution is 0.0691. The van der Waals surface area contributed by atoms with Crippen molar-refractivity contribution < 1.29 is 13.9 Å². The summed E-state index contributed by atoms with van der Waals surface area (Å²) in [6.45, 7) is 1.37. The van der Waals surface area contributed by atoms with Crippen molar-refractivity contribution in [2.24, 2.45) is 0 Å². The van der Waals surface area contributed by atoms with E-state index in [4.69, 9.17) is 9.15 Å². The second-order valence-corrected chi connectivity index (χ2v) is 6.82. The molecule has 152 valence electrons. The van der Waals surface area contributed by atoms with Gasteiger partial charge >= 0.3 is 0 Å². The number of pyridine rings is 1. The Hall–Kier alpha value is -3.87. The fourth-order valence-electron chi connectivity index (χ4n) is 3.24. The molecule has 0 N–H and O–H groups in total. The second kappa shape index (κ2) is 9.09. The molecule has 4 aromatic rings. The molecule has 0 aliphatic rings. The van der Waals surface area contributed by atoms with E-state index >= 15 is 0 Å². The molecule has 30 heavy (non-hydrogen) atoms. The lowest BCUT2D eigenvalue weighted by atomic mass is 10.2. The van der Waals surface area contributed by atoms with Gasteiger partial charge in [0.1, 0.15) is 11.6 Å². The summed E-state index contributed by atoms with van der Waals surface area (Å²) in [7, 11) is 1.65. The maximum absolute atomic E-state index is 13.0. The van der Waals surface area contributed by atoms with E-state index in [1.165, 1.54) is 6.26 Å². The number of rotatable bonds is 8. The maximum atomic E-state index is 13.0. The number of methoxy groups -OCH3 is 1. The lowest BCUT2D eigenvalue weighted by Crippen LogP contribution is -2.31. The van der Waals surface area contributed by atoms with Crippen molar-refractivity contribution in [2.45, 2.75) is 19.6 Å². The number of benzene rings is 1. The highest BCUT2D eigenvalue weighted by Crippen LogP contribution is 2.17. The predicted molar refractivity (Wildman–Crippen MR) is 111 cm³/mol. The van der Waals surface area contributed by atoms with Gasteiger partial charge in [0, 0.05) is 37.9 Å². The first-order chi connectivity index (χ1) is 14.7. The molecule has 0 atom stereocenters. The summed E-state index contributed by atoms with van der Waals surface area (Å²) in [5.41, 5.74) is 2.02. The summed E-state index contributed by atoms with van der Waals surface area (Å²) in [4.78, 5) is 23.4. The predicted octanol–water partition coefficient (Wildman–Crippen LogP) is 3.77. The number of ether oxygens (including phenoxy) is 1. The number of nitrogens with zero attached hydrogens (tertiary/aromatic N) is 4. The van der Waals surface area contributed by atoms with Crippen LogP contribution < -0.4 is 4.74 Å². The zero-order chi connectivity index (χ0) is 20.8. The van der Waals surface area contributed by atoms with Crippen LogP contribution in [0.15, 0.2) is 84.0 Å².